The molecule has 3 N–H and O–H groups in total. The van der Waals surface area contributed by atoms with Gasteiger partial charge in [0.15, 0.2) is 0 Å². The van der Waals surface area contributed by atoms with Gasteiger partial charge in [0.25, 0.3) is 0 Å². The lowest BCUT2D eigenvalue weighted by molar-refractivity contribution is 0.637. The monoisotopic (exact) mass is 274 g/mol. The smallest absolute Gasteiger partial charge is 0.104 e. The first-order valence-corrected chi connectivity index (χ1v) is 6.60. The van der Waals surface area contributed by atoms with Crippen molar-refractivity contribution in [3.8, 4) is 0 Å². The number of nitrogens with zero attached hydrogens (tertiary/aromatic N) is 2. The van der Waals surface area contributed by atoms with Gasteiger partial charge in [-0.05, 0) is 43.2 Å². The molecule has 0 aliphatic heterocycles. The summed E-state index contributed by atoms with van der Waals surface area (Å²) in [6.07, 6.45) is 3.89. The molecule has 0 spiro atoms. The molecule has 5 heteroatoms. The molecule has 19 heavy (non-hydrogen) atoms. The third kappa shape index (κ3) is 3.54. The molecule has 0 fully saturated rings. The van der Waals surface area contributed by atoms with Gasteiger partial charge < -0.3 is 11.1 Å². The van der Waals surface area contributed by atoms with E-state index in [1.54, 1.807) is 0 Å². The van der Waals surface area contributed by atoms with Crippen molar-refractivity contribution in [2.45, 2.75) is 20.4 Å². The predicted octanol–water partition coefficient (Wildman–Crippen LogP) is 2.25. The van der Waals surface area contributed by atoms with Crippen LogP contribution < -0.4 is 11.1 Å². The van der Waals surface area contributed by atoms with Crippen molar-refractivity contribution in [2.75, 3.05) is 11.9 Å². The Kier molecular flexibility index (Phi) is 4.16. The number of rotatable bonds is 5. The van der Waals surface area contributed by atoms with Gasteiger partial charge >= 0.3 is 0 Å². The van der Waals surface area contributed by atoms with Crippen molar-refractivity contribution in [1.29, 1.82) is 0 Å². The molecule has 100 valence electrons. The highest BCUT2D eigenvalue weighted by Gasteiger charge is 2.02. The zero-order chi connectivity index (χ0) is 13.8. The van der Waals surface area contributed by atoms with Crippen LogP contribution in [0.5, 0.6) is 0 Å². The Balaban J connectivity index is 1.93. The zero-order valence-corrected chi connectivity index (χ0v) is 12.0. The Morgan fingerprint density at radius 1 is 1.42 bits per heavy atom. The second-order valence-electron chi connectivity index (χ2n) is 4.60. The molecule has 0 amide bonds. The van der Waals surface area contributed by atoms with E-state index in [-0.39, 0.29) is 0 Å². The van der Waals surface area contributed by atoms with Crippen LogP contribution in [0.3, 0.4) is 0 Å². The zero-order valence-electron chi connectivity index (χ0n) is 11.2. The molecule has 2 aromatic rings. The van der Waals surface area contributed by atoms with Gasteiger partial charge in [-0.25, -0.2) is 0 Å². The third-order valence-corrected chi connectivity index (χ3v) is 3.14. The summed E-state index contributed by atoms with van der Waals surface area (Å²) in [6, 6.07) is 6.01. The number of nitrogens with one attached hydrogen (secondary N) is 1. The Morgan fingerprint density at radius 2 is 2.21 bits per heavy atom. The number of aromatic nitrogens is 2. The lowest BCUT2D eigenvalue weighted by Gasteiger charge is -2.10. The maximum atomic E-state index is 5.64. The van der Waals surface area contributed by atoms with E-state index >= 15 is 0 Å². The highest BCUT2D eigenvalue weighted by Crippen LogP contribution is 2.15. The minimum absolute atomic E-state index is 0.441. The van der Waals surface area contributed by atoms with Gasteiger partial charge in [-0.3, -0.25) is 4.68 Å². The maximum absolute atomic E-state index is 5.64. The molecular weight excluding hydrogens is 256 g/mol. The molecule has 1 aromatic heterocycles. The molecule has 1 aromatic carbocycles. The standard InChI is InChI=1S/C14H18N4S/c1-10-8-17-18(9-10)6-5-16-12-3-4-13(14(15)19)11(2)7-12/h3-4,7-9,16H,5-6H2,1-2H3,(H2,15,19). The van der Waals surface area contributed by atoms with Gasteiger partial charge in [-0.2, -0.15) is 5.10 Å². The van der Waals surface area contributed by atoms with E-state index in [2.05, 4.69) is 16.5 Å². The Labute approximate surface area is 118 Å². The summed E-state index contributed by atoms with van der Waals surface area (Å²) in [4.78, 5) is 0.441. The van der Waals surface area contributed by atoms with Crippen molar-refractivity contribution < 1.29 is 0 Å². The molecular formula is C14H18N4S. The number of hydrogen-bond acceptors (Lipinski definition) is 3. The van der Waals surface area contributed by atoms with E-state index in [1.807, 2.05) is 43.1 Å². The van der Waals surface area contributed by atoms with Gasteiger partial charge in [0.1, 0.15) is 4.99 Å². The quantitative estimate of drug-likeness (QED) is 0.821. The van der Waals surface area contributed by atoms with Crippen LogP contribution in [0.2, 0.25) is 0 Å². The maximum Gasteiger partial charge on any atom is 0.104 e. The van der Waals surface area contributed by atoms with Gasteiger partial charge in [0.05, 0.1) is 12.7 Å². The SMILES string of the molecule is Cc1cnn(CCNc2ccc(C(N)=S)c(C)c2)c1. The number of hydrogen-bond donors (Lipinski definition) is 2. The number of nitrogens with two attached hydrogens (primary N) is 1. The van der Waals surface area contributed by atoms with Crippen LogP contribution >= 0.6 is 12.2 Å². The number of benzene rings is 1. The van der Waals surface area contributed by atoms with Gasteiger partial charge in [0.2, 0.25) is 0 Å². The van der Waals surface area contributed by atoms with Crippen LogP contribution in [0.15, 0.2) is 30.6 Å². The van der Waals surface area contributed by atoms with Crippen LogP contribution in [0.1, 0.15) is 16.7 Å². The van der Waals surface area contributed by atoms with Gasteiger partial charge in [-0.15, -0.1) is 0 Å². The van der Waals surface area contributed by atoms with Crippen LogP contribution in [0.25, 0.3) is 0 Å². The minimum Gasteiger partial charge on any atom is -0.389 e. The van der Waals surface area contributed by atoms with Crippen LogP contribution in [0.4, 0.5) is 5.69 Å². The molecule has 0 unspecified atom stereocenters. The van der Waals surface area contributed by atoms with E-state index in [1.165, 1.54) is 5.56 Å². The molecule has 0 saturated heterocycles. The topological polar surface area (TPSA) is 55.9 Å². The molecule has 0 aliphatic rings. The second kappa shape index (κ2) is 5.84. The summed E-state index contributed by atoms with van der Waals surface area (Å²) >= 11 is 4.99. The third-order valence-electron chi connectivity index (χ3n) is 2.92. The Hall–Kier alpha value is -1.88. The number of thiocarbonyl (C=S) groups is 1. The average Bonchev–Trinajstić information content (AvgIpc) is 2.75. The van der Waals surface area contributed by atoms with Crippen LogP contribution in [0, 0.1) is 13.8 Å². The van der Waals surface area contributed by atoms with Crippen molar-refractivity contribution >= 4 is 22.9 Å². The fourth-order valence-electron chi connectivity index (χ4n) is 1.95. The van der Waals surface area contributed by atoms with Crippen molar-refractivity contribution in [2.24, 2.45) is 5.73 Å². The highest BCUT2D eigenvalue weighted by molar-refractivity contribution is 7.80. The van der Waals surface area contributed by atoms with Crippen LogP contribution in [-0.4, -0.2) is 21.3 Å². The molecule has 0 radical (unpaired) electrons. The molecule has 0 aliphatic carbocycles. The second-order valence-corrected chi connectivity index (χ2v) is 5.04. The normalized spacial score (nSPS) is 10.4. The summed E-state index contributed by atoms with van der Waals surface area (Å²) in [6.45, 7) is 5.71. The molecule has 0 saturated carbocycles. The molecule has 1 heterocycles. The van der Waals surface area contributed by atoms with E-state index in [9.17, 15) is 0 Å². The summed E-state index contributed by atoms with van der Waals surface area (Å²) in [5.41, 5.74) is 9.91. The fraction of sp³-hybridized carbons (Fsp3) is 0.286. The first-order chi connectivity index (χ1) is 9.06. The van der Waals surface area contributed by atoms with E-state index in [0.717, 1.165) is 29.9 Å². The molecule has 0 atom stereocenters. The number of anilines is 1. The summed E-state index contributed by atoms with van der Waals surface area (Å²) in [5, 5.41) is 7.61. The predicted molar refractivity (Wildman–Crippen MR) is 82.5 cm³/mol. The number of aryl methyl sites for hydroxylation is 2. The van der Waals surface area contributed by atoms with Crippen LogP contribution in [-0.2, 0) is 6.54 Å². The summed E-state index contributed by atoms with van der Waals surface area (Å²) in [7, 11) is 0. The summed E-state index contributed by atoms with van der Waals surface area (Å²) < 4.78 is 1.93. The van der Waals surface area contributed by atoms with Gasteiger partial charge in [0, 0.05) is 24.0 Å². The lowest BCUT2D eigenvalue weighted by atomic mass is 10.1. The largest absolute Gasteiger partial charge is 0.389 e. The highest BCUT2D eigenvalue weighted by atomic mass is 32.1. The summed E-state index contributed by atoms with van der Waals surface area (Å²) in [5.74, 6) is 0. The molecule has 0 bridgehead atoms. The van der Waals surface area contributed by atoms with Gasteiger partial charge in [-0.1, -0.05) is 12.2 Å². The van der Waals surface area contributed by atoms with E-state index in [0.29, 0.717) is 4.99 Å². The lowest BCUT2D eigenvalue weighted by Crippen LogP contribution is -2.13. The van der Waals surface area contributed by atoms with Crippen molar-refractivity contribution in [3.05, 3.63) is 47.3 Å². The molecule has 4 nitrogen and oxygen atoms in total. The van der Waals surface area contributed by atoms with Crippen molar-refractivity contribution in [1.82, 2.24) is 9.78 Å². The Bertz CT molecular complexity index is 589. The molecule has 2 rings (SSSR count). The average molecular weight is 274 g/mol. The van der Waals surface area contributed by atoms with E-state index < -0.39 is 0 Å². The Morgan fingerprint density at radius 3 is 2.79 bits per heavy atom. The fourth-order valence-corrected chi connectivity index (χ4v) is 2.18. The first-order valence-electron chi connectivity index (χ1n) is 6.19. The first kappa shape index (κ1) is 13.5. The van der Waals surface area contributed by atoms with Crippen molar-refractivity contribution in [3.63, 3.8) is 0 Å². The minimum atomic E-state index is 0.441. The van der Waals surface area contributed by atoms with E-state index in [4.69, 9.17) is 18.0 Å².